The van der Waals surface area contributed by atoms with Crippen LogP contribution in [0, 0.1) is 6.92 Å². The summed E-state index contributed by atoms with van der Waals surface area (Å²) in [5.74, 6) is 0. The fourth-order valence-corrected chi connectivity index (χ4v) is 1.97. The zero-order valence-electron chi connectivity index (χ0n) is 11.7. The molecule has 0 amide bonds. The number of ether oxygens (including phenoxy) is 1. The predicted molar refractivity (Wildman–Crippen MR) is 78.2 cm³/mol. The van der Waals surface area contributed by atoms with Gasteiger partial charge in [0.25, 0.3) is 0 Å². The van der Waals surface area contributed by atoms with Crippen LogP contribution in [0.25, 0.3) is 0 Å². The second-order valence-electron chi connectivity index (χ2n) is 4.53. The Labute approximate surface area is 111 Å². The van der Waals surface area contributed by atoms with E-state index in [4.69, 9.17) is 10.5 Å². The minimum Gasteiger partial charge on any atom is -0.380 e. The minimum absolute atomic E-state index is 0.734. The van der Waals surface area contributed by atoms with E-state index in [1.54, 1.807) is 0 Å². The standard InChI is InChI=1S/C15H26N2O/c1-3-12-18-13-11-17(10-6-9-16)15-8-5-4-7-14(15)2/h4-5,7-8H,3,6,9-13,16H2,1-2H3. The van der Waals surface area contributed by atoms with Gasteiger partial charge in [-0.3, -0.25) is 0 Å². The molecule has 0 fully saturated rings. The Morgan fingerprint density at radius 2 is 1.94 bits per heavy atom. The van der Waals surface area contributed by atoms with Gasteiger partial charge in [-0.1, -0.05) is 25.1 Å². The lowest BCUT2D eigenvalue weighted by atomic mass is 10.1. The molecule has 0 spiro atoms. The second-order valence-corrected chi connectivity index (χ2v) is 4.53. The first kappa shape index (κ1) is 15.0. The normalized spacial score (nSPS) is 10.6. The molecule has 2 N–H and O–H groups in total. The number of hydrogen-bond donors (Lipinski definition) is 1. The molecular weight excluding hydrogens is 224 g/mol. The lowest BCUT2D eigenvalue weighted by molar-refractivity contribution is 0.140. The van der Waals surface area contributed by atoms with E-state index < -0.39 is 0 Å². The van der Waals surface area contributed by atoms with Crippen LogP contribution in [0.2, 0.25) is 0 Å². The summed E-state index contributed by atoms with van der Waals surface area (Å²) >= 11 is 0. The third kappa shape index (κ3) is 5.07. The number of aryl methyl sites for hydroxylation is 1. The number of nitrogens with two attached hydrogens (primary N) is 1. The number of anilines is 1. The number of rotatable bonds is 9. The molecule has 0 unspecified atom stereocenters. The SMILES string of the molecule is CCCOCCN(CCCN)c1ccccc1C. The summed E-state index contributed by atoms with van der Waals surface area (Å²) in [6.07, 6.45) is 2.09. The molecule has 0 saturated carbocycles. The molecule has 0 aliphatic carbocycles. The lowest BCUT2D eigenvalue weighted by Crippen LogP contribution is -2.30. The Morgan fingerprint density at radius 1 is 1.17 bits per heavy atom. The zero-order chi connectivity index (χ0) is 13.2. The van der Waals surface area contributed by atoms with Crippen molar-refractivity contribution in [2.75, 3.05) is 37.7 Å². The molecule has 0 atom stereocenters. The van der Waals surface area contributed by atoms with E-state index in [1.807, 2.05) is 0 Å². The highest BCUT2D eigenvalue weighted by molar-refractivity contribution is 5.52. The van der Waals surface area contributed by atoms with Crippen molar-refractivity contribution in [1.82, 2.24) is 0 Å². The zero-order valence-corrected chi connectivity index (χ0v) is 11.7. The van der Waals surface area contributed by atoms with Gasteiger partial charge in [-0.15, -0.1) is 0 Å². The topological polar surface area (TPSA) is 38.5 Å². The van der Waals surface area contributed by atoms with E-state index in [2.05, 4.69) is 43.0 Å². The summed E-state index contributed by atoms with van der Waals surface area (Å²) in [5.41, 5.74) is 8.22. The van der Waals surface area contributed by atoms with E-state index >= 15 is 0 Å². The number of para-hydroxylation sites is 1. The van der Waals surface area contributed by atoms with Crippen LogP contribution in [0.3, 0.4) is 0 Å². The molecule has 3 nitrogen and oxygen atoms in total. The monoisotopic (exact) mass is 250 g/mol. The summed E-state index contributed by atoms with van der Waals surface area (Å²) in [7, 11) is 0. The van der Waals surface area contributed by atoms with Crippen molar-refractivity contribution in [1.29, 1.82) is 0 Å². The molecule has 1 aromatic carbocycles. The smallest absolute Gasteiger partial charge is 0.0641 e. The molecule has 0 bridgehead atoms. The van der Waals surface area contributed by atoms with Crippen molar-refractivity contribution in [3.63, 3.8) is 0 Å². The summed E-state index contributed by atoms with van der Waals surface area (Å²) in [4.78, 5) is 2.37. The molecule has 0 radical (unpaired) electrons. The third-order valence-electron chi connectivity index (χ3n) is 2.94. The molecule has 102 valence electrons. The Bertz CT molecular complexity index is 328. The van der Waals surface area contributed by atoms with Gasteiger partial charge in [-0.2, -0.15) is 0 Å². The molecule has 0 heterocycles. The van der Waals surface area contributed by atoms with Gasteiger partial charge in [0.2, 0.25) is 0 Å². The van der Waals surface area contributed by atoms with Gasteiger partial charge in [0.1, 0.15) is 0 Å². The molecule has 0 aliphatic heterocycles. The summed E-state index contributed by atoms with van der Waals surface area (Å²) in [6.45, 7) is 8.58. The lowest BCUT2D eigenvalue weighted by Gasteiger charge is -2.26. The third-order valence-corrected chi connectivity index (χ3v) is 2.94. The highest BCUT2D eigenvalue weighted by Gasteiger charge is 2.07. The minimum atomic E-state index is 0.734. The molecule has 0 aromatic heterocycles. The van der Waals surface area contributed by atoms with Gasteiger partial charge >= 0.3 is 0 Å². The van der Waals surface area contributed by atoms with Gasteiger partial charge in [-0.05, 0) is 37.9 Å². The van der Waals surface area contributed by atoms with Crippen LogP contribution in [0.4, 0.5) is 5.69 Å². The van der Waals surface area contributed by atoms with Gasteiger partial charge in [0.05, 0.1) is 6.61 Å². The van der Waals surface area contributed by atoms with Crippen LogP contribution in [-0.4, -0.2) is 32.8 Å². The first-order valence-corrected chi connectivity index (χ1v) is 6.88. The van der Waals surface area contributed by atoms with E-state index in [0.29, 0.717) is 0 Å². The maximum Gasteiger partial charge on any atom is 0.0641 e. The van der Waals surface area contributed by atoms with Crippen LogP contribution < -0.4 is 10.6 Å². The molecule has 1 rings (SSSR count). The van der Waals surface area contributed by atoms with Gasteiger partial charge < -0.3 is 15.4 Å². The highest BCUT2D eigenvalue weighted by Crippen LogP contribution is 2.19. The Kier molecular flexibility index (Phi) is 7.46. The first-order valence-electron chi connectivity index (χ1n) is 6.88. The molecule has 0 aliphatic rings. The number of hydrogen-bond acceptors (Lipinski definition) is 3. The van der Waals surface area contributed by atoms with E-state index in [9.17, 15) is 0 Å². The van der Waals surface area contributed by atoms with Crippen molar-refractivity contribution in [3.05, 3.63) is 29.8 Å². The fraction of sp³-hybridized carbons (Fsp3) is 0.600. The second kappa shape index (κ2) is 8.95. The molecule has 1 aromatic rings. The van der Waals surface area contributed by atoms with Gasteiger partial charge in [-0.25, -0.2) is 0 Å². The maximum atomic E-state index is 5.61. The Hall–Kier alpha value is -1.06. The Morgan fingerprint density at radius 3 is 2.61 bits per heavy atom. The van der Waals surface area contributed by atoms with Crippen LogP contribution in [0.5, 0.6) is 0 Å². The van der Waals surface area contributed by atoms with E-state index in [1.165, 1.54) is 11.3 Å². The quantitative estimate of drug-likeness (QED) is 0.685. The molecule has 3 heteroatoms. The highest BCUT2D eigenvalue weighted by atomic mass is 16.5. The average Bonchev–Trinajstić information content (AvgIpc) is 2.39. The van der Waals surface area contributed by atoms with E-state index in [0.717, 1.165) is 45.7 Å². The maximum absolute atomic E-state index is 5.61. The molecular formula is C15H26N2O. The van der Waals surface area contributed by atoms with Gasteiger partial charge in [0.15, 0.2) is 0 Å². The van der Waals surface area contributed by atoms with Crippen LogP contribution in [-0.2, 0) is 4.74 Å². The number of nitrogens with zero attached hydrogens (tertiary/aromatic N) is 1. The van der Waals surface area contributed by atoms with Crippen molar-refractivity contribution < 1.29 is 4.74 Å². The van der Waals surface area contributed by atoms with Crippen molar-refractivity contribution in [2.24, 2.45) is 5.73 Å². The predicted octanol–water partition coefficient (Wildman–Crippen LogP) is 2.58. The van der Waals surface area contributed by atoms with E-state index in [-0.39, 0.29) is 0 Å². The van der Waals surface area contributed by atoms with Gasteiger partial charge in [0, 0.05) is 25.4 Å². The Balaban J connectivity index is 2.57. The largest absolute Gasteiger partial charge is 0.380 e. The summed E-state index contributed by atoms with van der Waals surface area (Å²) < 4.78 is 5.58. The molecule has 0 saturated heterocycles. The van der Waals surface area contributed by atoms with Crippen LogP contribution in [0.1, 0.15) is 25.3 Å². The fourth-order valence-electron chi connectivity index (χ4n) is 1.97. The van der Waals surface area contributed by atoms with Crippen molar-refractivity contribution in [3.8, 4) is 0 Å². The van der Waals surface area contributed by atoms with Crippen molar-refractivity contribution in [2.45, 2.75) is 26.7 Å². The van der Waals surface area contributed by atoms with Crippen LogP contribution >= 0.6 is 0 Å². The van der Waals surface area contributed by atoms with Crippen molar-refractivity contribution >= 4 is 5.69 Å². The summed E-state index contributed by atoms with van der Waals surface area (Å²) in [5, 5.41) is 0. The summed E-state index contributed by atoms with van der Waals surface area (Å²) in [6, 6.07) is 8.49. The molecule has 18 heavy (non-hydrogen) atoms. The first-order chi connectivity index (χ1) is 8.79. The number of benzene rings is 1. The average molecular weight is 250 g/mol. The van der Waals surface area contributed by atoms with Crippen LogP contribution in [0.15, 0.2) is 24.3 Å².